The van der Waals surface area contributed by atoms with E-state index in [-0.39, 0.29) is 11.8 Å². The summed E-state index contributed by atoms with van der Waals surface area (Å²) in [7, 11) is 0. The fourth-order valence-electron chi connectivity index (χ4n) is 3.00. The van der Waals surface area contributed by atoms with Crippen LogP contribution in [-0.4, -0.2) is 18.5 Å². The lowest BCUT2D eigenvalue weighted by Gasteiger charge is -2.25. The second kappa shape index (κ2) is 6.39. The van der Waals surface area contributed by atoms with Gasteiger partial charge in [-0.3, -0.25) is 4.79 Å². The molecule has 3 nitrogen and oxygen atoms in total. The van der Waals surface area contributed by atoms with Gasteiger partial charge in [-0.15, -0.1) is 0 Å². The third-order valence-corrected chi connectivity index (χ3v) is 4.47. The standard InChI is InChI=1S/C14H28N2O/c1-5-11-6-7-13(10(11)4)16-14(17)12(8-15)9(2)3/h9-13H,5-8,15H2,1-4H3,(H,16,17). The van der Waals surface area contributed by atoms with Crippen molar-refractivity contribution in [3.05, 3.63) is 0 Å². The molecule has 17 heavy (non-hydrogen) atoms. The quantitative estimate of drug-likeness (QED) is 0.773. The summed E-state index contributed by atoms with van der Waals surface area (Å²) in [5, 5.41) is 3.21. The van der Waals surface area contributed by atoms with Gasteiger partial charge in [0.25, 0.3) is 0 Å². The van der Waals surface area contributed by atoms with Gasteiger partial charge < -0.3 is 11.1 Å². The number of hydrogen-bond acceptors (Lipinski definition) is 2. The van der Waals surface area contributed by atoms with Crippen LogP contribution in [-0.2, 0) is 4.79 Å². The number of nitrogens with one attached hydrogen (secondary N) is 1. The smallest absolute Gasteiger partial charge is 0.224 e. The van der Waals surface area contributed by atoms with Crippen molar-refractivity contribution < 1.29 is 4.79 Å². The van der Waals surface area contributed by atoms with E-state index < -0.39 is 0 Å². The van der Waals surface area contributed by atoms with E-state index in [2.05, 4.69) is 33.0 Å². The lowest BCUT2D eigenvalue weighted by Crippen LogP contribution is -2.44. The molecular formula is C14H28N2O. The summed E-state index contributed by atoms with van der Waals surface area (Å²) in [6.45, 7) is 9.07. The molecule has 1 aliphatic carbocycles. The summed E-state index contributed by atoms with van der Waals surface area (Å²) in [5.74, 6) is 1.81. The predicted octanol–water partition coefficient (Wildman–Crippen LogP) is 2.16. The molecule has 0 spiro atoms. The number of carbonyl (C=O) groups excluding carboxylic acids is 1. The van der Waals surface area contributed by atoms with Crippen molar-refractivity contribution >= 4 is 5.91 Å². The predicted molar refractivity (Wildman–Crippen MR) is 71.5 cm³/mol. The molecule has 1 aliphatic rings. The Balaban J connectivity index is 2.52. The van der Waals surface area contributed by atoms with Crippen molar-refractivity contribution in [3.63, 3.8) is 0 Å². The van der Waals surface area contributed by atoms with Gasteiger partial charge in [-0.05, 0) is 30.6 Å². The summed E-state index contributed by atoms with van der Waals surface area (Å²) in [5.41, 5.74) is 5.68. The highest BCUT2D eigenvalue weighted by molar-refractivity contribution is 5.79. The van der Waals surface area contributed by atoms with Crippen LogP contribution < -0.4 is 11.1 Å². The Morgan fingerprint density at radius 3 is 2.47 bits per heavy atom. The Bertz CT molecular complexity index is 253. The zero-order valence-corrected chi connectivity index (χ0v) is 11.7. The fraction of sp³-hybridized carbons (Fsp3) is 0.929. The molecule has 0 heterocycles. The van der Waals surface area contributed by atoms with Gasteiger partial charge in [0, 0.05) is 12.6 Å². The van der Waals surface area contributed by atoms with Crippen LogP contribution in [0.3, 0.4) is 0 Å². The number of hydrogen-bond donors (Lipinski definition) is 2. The molecule has 3 N–H and O–H groups in total. The molecule has 4 unspecified atom stereocenters. The van der Waals surface area contributed by atoms with E-state index in [1.165, 1.54) is 12.8 Å². The SMILES string of the molecule is CCC1CCC(NC(=O)C(CN)C(C)C)C1C. The van der Waals surface area contributed by atoms with Gasteiger partial charge in [0.1, 0.15) is 0 Å². The molecule has 0 aromatic heterocycles. The van der Waals surface area contributed by atoms with Gasteiger partial charge in [0.15, 0.2) is 0 Å². The highest BCUT2D eigenvalue weighted by atomic mass is 16.2. The largest absolute Gasteiger partial charge is 0.353 e. The Hall–Kier alpha value is -0.570. The molecule has 100 valence electrons. The van der Waals surface area contributed by atoms with Crippen LogP contribution >= 0.6 is 0 Å². The van der Waals surface area contributed by atoms with Gasteiger partial charge in [-0.25, -0.2) is 0 Å². The van der Waals surface area contributed by atoms with Crippen molar-refractivity contribution in [3.8, 4) is 0 Å². The van der Waals surface area contributed by atoms with Crippen LogP contribution in [0.25, 0.3) is 0 Å². The minimum absolute atomic E-state index is 0.0390. The molecule has 1 fully saturated rings. The first kappa shape index (κ1) is 14.5. The Morgan fingerprint density at radius 1 is 1.41 bits per heavy atom. The van der Waals surface area contributed by atoms with Crippen LogP contribution in [0.1, 0.15) is 47.0 Å². The molecule has 3 heteroatoms. The first-order valence-electron chi connectivity index (χ1n) is 7.01. The number of amides is 1. The summed E-state index contributed by atoms with van der Waals surface area (Å²) in [4.78, 5) is 12.1. The van der Waals surface area contributed by atoms with Gasteiger partial charge in [0.2, 0.25) is 5.91 Å². The maximum Gasteiger partial charge on any atom is 0.224 e. The molecule has 0 aromatic rings. The molecule has 0 radical (unpaired) electrons. The third kappa shape index (κ3) is 3.44. The minimum Gasteiger partial charge on any atom is -0.353 e. The number of nitrogens with two attached hydrogens (primary N) is 1. The molecular weight excluding hydrogens is 212 g/mol. The van der Waals surface area contributed by atoms with Crippen molar-refractivity contribution in [2.45, 2.75) is 53.0 Å². The second-order valence-corrected chi connectivity index (χ2v) is 5.81. The number of rotatable bonds is 5. The van der Waals surface area contributed by atoms with E-state index in [9.17, 15) is 4.79 Å². The van der Waals surface area contributed by atoms with E-state index in [1.807, 2.05) is 0 Å². The Morgan fingerprint density at radius 2 is 2.06 bits per heavy atom. The molecule has 0 saturated heterocycles. The Labute approximate surface area is 106 Å². The average molecular weight is 240 g/mol. The summed E-state index contributed by atoms with van der Waals surface area (Å²) < 4.78 is 0. The maximum absolute atomic E-state index is 12.1. The second-order valence-electron chi connectivity index (χ2n) is 5.81. The zero-order chi connectivity index (χ0) is 13.0. The fourth-order valence-corrected chi connectivity index (χ4v) is 3.00. The van der Waals surface area contributed by atoms with Crippen LogP contribution in [0.5, 0.6) is 0 Å². The Kier molecular flexibility index (Phi) is 5.44. The highest BCUT2D eigenvalue weighted by Crippen LogP contribution is 2.34. The average Bonchev–Trinajstić information content (AvgIpc) is 2.60. The summed E-state index contributed by atoms with van der Waals surface area (Å²) in [6.07, 6.45) is 3.59. The van der Waals surface area contributed by atoms with Crippen LogP contribution in [0.4, 0.5) is 0 Å². The first-order chi connectivity index (χ1) is 8.01. The molecule has 1 saturated carbocycles. The molecule has 0 aliphatic heterocycles. The lowest BCUT2D eigenvalue weighted by molar-refractivity contribution is -0.126. The van der Waals surface area contributed by atoms with Crippen molar-refractivity contribution in [1.82, 2.24) is 5.32 Å². The van der Waals surface area contributed by atoms with Gasteiger partial charge >= 0.3 is 0 Å². The van der Waals surface area contributed by atoms with E-state index in [1.54, 1.807) is 0 Å². The normalized spacial score (nSPS) is 30.6. The highest BCUT2D eigenvalue weighted by Gasteiger charge is 2.33. The summed E-state index contributed by atoms with van der Waals surface area (Å²) in [6, 6.07) is 0.361. The van der Waals surface area contributed by atoms with Gasteiger partial charge in [-0.2, -0.15) is 0 Å². The zero-order valence-electron chi connectivity index (χ0n) is 11.7. The van der Waals surface area contributed by atoms with E-state index >= 15 is 0 Å². The van der Waals surface area contributed by atoms with Crippen LogP contribution in [0, 0.1) is 23.7 Å². The summed E-state index contributed by atoms with van der Waals surface area (Å²) >= 11 is 0. The van der Waals surface area contributed by atoms with E-state index in [4.69, 9.17) is 5.73 Å². The molecule has 4 atom stereocenters. The molecule has 1 amide bonds. The minimum atomic E-state index is -0.0390. The van der Waals surface area contributed by atoms with Gasteiger partial charge in [0.05, 0.1) is 5.92 Å². The maximum atomic E-state index is 12.1. The molecule has 0 aromatic carbocycles. The van der Waals surface area contributed by atoms with E-state index in [0.717, 1.165) is 12.3 Å². The van der Waals surface area contributed by atoms with Crippen molar-refractivity contribution in [2.24, 2.45) is 29.4 Å². The van der Waals surface area contributed by atoms with Crippen molar-refractivity contribution in [1.29, 1.82) is 0 Å². The third-order valence-electron chi connectivity index (χ3n) is 4.47. The first-order valence-corrected chi connectivity index (χ1v) is 7.01. The van der Waals surface area contributed by atoms with E-state index in [0.29, 0.717) is 24.4 Å². The molecule has 1 rings (SSSR count). The lowest BCUT2D eigenvalue weighted by atomic mass is 9.91. The van der Waals surface area contributed by atoms with Crippen LogP contribution in [0.2, 0.25) is 0 Å². The number of carbonyl (C=O) groups is 1. The topological polar surface area (TPSA) is 55.1 Å². The van der Waals surface area contributed by atoms with Crippen molar-refractivity contribution in [2.75, 3.05) is 6.54 Å². The van der Waals surface area contributed by atoms with Crippen LogP contribution in [0.15, 0.2) is 0 Å². The van der Waals surface area contributed by atoms with Gasteiger partial charge in [-0.1, -0.05) is 34.1 Å². The molecule has 0 bridgehead atoms. The monoisotopic (exact) mass is 240 g/mol.